The van der Waals surface area contributed by atoms with Crippen molar-refractivity contribution in [3.05, 3.63) is 70.5 Å². The molecule has 1 saturated heterocycles. The Labute approximate surface area is 185 Å². The van der Waals surface area contributed by atoms with Gasteiger partial charge in [0.05, 0.1) is 24.9 Å². The first-order valence-electron chi connectivity index (χ1n) is 10.6. The summed E-state index contributed by atoms with van der Waals surface area (Å²) in [6.07, 6.45) is 0. The topological polar surface area (TPSA) is 77.7 Å². The summed E-state index contributed by atoms with van der Waals surface area (Å²) in [5.41, 5.74) is 2.54. The summed E-state index contributed by atoms with van der Waals surface area (Å²) >= 11 is 0. The highest BCUT2D eigenvalue weighted by atomic mass is 19.1. The number of hydrogen-bond donors (Lipinski definition) is 0. The zero-order chi connectivity index (χ0) is 22.4. The molecule has 1 fully saturated rings. The molecule has 0 radical (unpaired) electrons. The van der Waals surface area contributed by atoms with Gasteiger partial charge in [-0.05, 0) is 45.0 Å². The van der Waals surface area contributed by atoms with Crippen molar-refractivity contribution in [3.8, 4) is 11.6 Å². The highest BCUT2D eigenvalue weighted by Crippen LogP contribution is 2.48. The highest BCUT2D eigenvalue weighted by molar-refractivity contribution is 5.96. The fourth-order valence-electron chi connectivity index (χ4n) is 4.79. The van der Waals surface area contributed by atoms with Crippen molar-refractivity contribution in [2.24, 2.45) is 11.8 Å². The van der Waals surface area contributed by atoms with Crippen LogP contribution in [-0.4, -0.2) is 40.7 Å². The molecule has 7 nitrogen and oxygen atoms in total. The molecule has 0 unspecified atom stereocenters. The number of likely N-dealkylation sites (tertiary alicyclic amines) is 1. The fourth-order valence-corrected chi connectivity index (χ4v) is 4.79. The Hall–Kier alpha value is -3.42. The number of aromatic nitrogens is 2. The minimum absolute atomic E-state index is 0.0110. The summed E-state index contributed by atoms with van der Waals surface area (Å²) in [6, 6.07) is 9.75. The Kier molecular flexibility index (Phi) is 5.07. The highest BCUT2D eigenvalue weighted by Gasteiger charge is 2.49. The molecule has 2 aliphatic rings. The third kappa shape index (κ3) is 3.49. The van der Waals surface area contributed by atoms with E-state index in [1.165, 1.54) is 12.1 Å². The number of carbonyl (C=O) groups excluding carboxylic acids is 1. The van der Waals surface area contributed by atoms with Gasteiger partial charge in [-0.15, -0.1) is 0 Å². The van der Waals surface area contributed by atoms with Crippen LogP contribution in [0.1, 0.15) is 39.1 Å². The summed E-state index contributed by atoms with van der Waals surface area (Å²) in [5.74, 6) is 1.03. The van der Waals surface area contributed by atoms with Gasteiger partial charge in [0, 0.05) is 35.7 Å². The van der Waals surface area contributed by atoms with Crippen LogP contribution in [0.15, 0.2) is 40.9 Å². The zero-order valence-corrected chi connectivity index (χ0v) is 18.2. The first kappa shape index (κ1) is 20.5. The van der Waals surface area contributed by atoms with Crippen molar-refractivity contribution in [2.75, 3.05) is 19.8 Å². The minimum Gasteiger partial charge on any atom is -0.493 e. The lowest BCUT2D eigenvalue weighted by molar-refractivity contribution is 0.0671. The summed E-state index contributed by atoms with van der Waals surface area (Å²) in [6.45, 7) is 6.62. The largest absolute Gasteiger partial charge is 0.493 e. The van der Waals surface area contributed by atoms with E-state index in [2.05, 4.69) is 10.1 Å². The van der Waals surface area contributed by atoms with E-state index in [4.69, 9.17) is 14.0 Å². The van der Waals surface area contributed by atoms with Crippen LogP contribution in [0, 0.1) is 38.4 Å². The van der Waals surface area contributed by atoms with E-state index < -0.39 is 0 Å². The van der Waals surface area contributed by atoms with E-state index in [1.807, 2.05) is 25.1 Å². The second-order valence-electron chi connectivity index (χ2n) is 8.45. The van der Waals surface area contributed by atoms with E-state index in [9.17, 15) is 9.18 Å². The molecule has 0 N–H and O–H groups in total. The molecule has 3 atom stereocenters. The van der Waals surface area contributed by atoms with Crippen LogP contribution in [0.4, 0.5) is 4.39 Å². The van der Waals surface area contributed by atoms with E-state index >= 15 is 0 Å². The van der Waals surface area contributed by atoms with Gasteiger partial charge < -0.3 is 18.9 Å². The lowest BCUT2D eigenvalue weighted by Crippen LogP contribution is -2.36. The molecule has 1 aromatic carbocycles. The fraction of sp³-hybridized carbons (Fsp3) is 0.375. The molecule has 4 heterocycles. The number of carbonyl (C=O) groups is 1. The number of rotatable bonds is 4. The van der Waals surface area contributed by atoms with Gasteiger partial charge in [-0.1, -0.05) is 11.2 Å². The van der Waals surface area contributed by atoms with Gasteiger partial charge in [0.2, 0.25) is 5.88 Å². The lowest BCUT2D eigenvalue weighted by Gasteiger charge is -2.34. The summed E-state index contributed by atoms with van der Waals surface area (Å²) in [5, 5.41) is 3.93. The number of fused-ring (bicyclic) bond motifs is 3. The maximum atomic E-state index is 14.2. The van der Waals surface area contributed by atoms with Gasteiger partial charge in [-0.2, -0.15) is 0 Å². The zero-order valence-electron chi connectivity index (χ0n) is 18.2. The second kappa shape index (κ2) is 7.93. The number of ether oxygens (including phenoxy) is 2. The molecular formula is C24H24FN3O4. The first-order valence-corrected chi connectivity index (χ1v) is 10.6. The predicted molar refractivity (Wildman–Crippen MR) is 113 cm³/mol. The molecule has 2 aromatic heterocycles. The maximum Gasteiger partial charge on any atom is 0.259 e. The summed E-state index contributed by atoms with van der Waals surface area (Å²) in [4.78, 5) is 19.8. The predicted octanol–water partition coefficient (Wildman–Crippen LogP) is 4.03. The van der Waals surface area contributed by atoms with Gasteiger partial charge in [0.1, 0.15) is 22.9 Å². The van der Waals surface area contributed by atoms with Gasteiger partial charge in [0.25, 0.3) is 5.91 Å². The number of hydrogen-bond acceptors (Lipinski definition) is 6. The number of benzene rings is 1. The molecule has 5 rings (SSSR count). The molecule has 3 aromatic rings. The van der Waals surface area contributed by atoms with Crippen molar-refractivity contribution >= 4 is 5.91 Å². The third-order valence-corrected chi connectivity index (χ3v) is 6.32. The second-order valence-corrected chi connectivity index (χ2v) is 8.45. The SMILES string of the molecule is Cc1cccc(OC[C@@H]2CN(C(=O)c3c(C)noc3C)[C@H]3c4cc(F)ccc4OC[C@@H]23)n1. The Bertz CT molecular complexity index is 1160. The van der Waals surface area contributed by atoms with Gasteiger partial charge >= 0.3 is 0 Å². The van der Waals surface area contributed by atoms with E-state index in [0.29, 0.717) is 54.0 Å². The Balaban J connectivity index is 1.48. The van der Waals surface area contributed by atoms with Crippen LogP contribution >= 0.6 is 0 Å². The molecule has 1 amide bonds. The van der Waals surface area contributed by atoms with E-state index in [-0.39, 0.29) is 29.6 Å². The molecular weight excluding hydrogens is 413 g/mol. The minimum atomic E-state index is -0.360. The molecule has 8 heteroatoms. The summed E-state index contributed by atoms with van der Waals surface area (Å²) < 4.78 is 31.3. The van der Waals surface area contributed by atoms with Gasteiger partial charge in [0.15, 0.2) is 0 Å². The lowest BCUT2D eigenvalue weighted by atomic mass is 9.85. The quantitative estimate of drug-likeness (QED) is 0.613. The maximum absolute atomic E-state index is 14.2. The Morgan fingerprint density at radius 2 is 2.09 bits per heavy atom. The average Bonchev–Trinajstić information content (AvgIpc) is 3.31. The smallest absolute Gasteiger partial charge is 0.259 e. The van der Waals surface area contributed by atoms with Crippen LogP contribution in [0.5, 0.6) is 11.6 Å². The Morgan fingerprint density at radius 3 is 2.84 bits per heavy atom. The molecule has 166 valence electrons. The van der Waals surface area contributed by atoms with Crippen molar-refractivity contribution in [1.82, 2.24) is 15.0 Å². The summed E-state index contributed by atoms with van der Waals surface area (Å²) in [7, 11) is 0. The number of nitrogens with zero attached hydrogens (tertiary/aromatic N) is 3. The first-order chi connectivity index (χ1) is 15.4. The molecule has 0 bridgehead atoms. The van der Waals surface area contributed by atoms with Crippen LogP contribution in [0.25, 0.3) is 0 Å². The van der Waals surface area contributed by atoms with Crippen LogP contribution in [0.2, 0.25) is 0 Å². The van der Waals surface area contributed by atoms with Crippen molar-refractivity contribution in [3.63, 3.8) is 0 Å². The third-order valence-electron chi connectivity index (χ3n) is 6.32. The molecule has 2 aliphatic heterocycles. The Morgan fingerprint density at radius 1 is 1.25 bits per heavy atom. The molecule has 0 spiro atoms. The average molecular weight is 437 g/mol. The van der Waals surface area contributed by atoms with Gasteiger partial charge in [-0.3, -0.25) is 4.79 Å². The normalized spacial score (nSPS) is 21.6. The van der Waals surface area contributed by atoms with Crippen molar-refractivity contribution < 1.29 is 23.2 Å². The van der Waals surface area contributed by atoms with Crippen molar-refractivity contribution in [1.29, 1.82) is 0 Å². The number of aryl methyl sites for hydroxylation is 3. The number of pyridine rings is 1. The van der Waals surface area contributed by atoms with Crippen LogP contribution < -0.4 is 9.47 Å². The van der Waals surface area contributed by atoms with Crippen LogP contribution in [-0.2, 0) is 0 Å². The monoisotopic (exact) mass is 437 g/mol. The molecule has 32 heavy (non-hydrogen) atoms. The number of amides is 1. The van der Waals surface area contributed by atoms with Gasteiger partial charge in [-0.25, -0.2) is 9.37 Å². The molecule has 0 aliphatic carbocycles. The molecule has 0 saturated carbocycles. The van der Waals surface area contributed by atoms with E-state index in [0.717, 1.165) is 5.69 Å². The number of halogens is 1. The standard InChI is InChI=1S/C24H24FN3O4/c1-13-5-4-6-21(26-13)31-11-16-10-28(24(29)22-14(2)27-32-15(22)3)23-18-9-17(25)7-8-20(18)30-12-19(16)23/h4-9,16,19,23H,10-12H2,1-3H3/t16-,19-,23-/m0/s1. The van der Waals surface area contributed by atoms with Crippen LogP contribution in [0.3, 0.4) is 0 Å². The van der Waals surface area contributed by atoms with Crippen molar-refractivity contribution in [2.45, 2.75) is 26.8 Å². The van der Waals surface area contributed by atoms with E-state index in [1.54, 1.807) is 24.8 Å².